The molecule has 1 aliphatic carbocycles. The Morgan fingerprint density at radius 1 is 1.29 bits per heavy atom. The van der Waals surface area contributed by atoms with E-state index in [2.05, 4.69) is 29.4 Å². The molecular weight excluding hydrogens is 374 g/mol. The second-order valence-corrected chi connectivity index (χ2v) is 8.38. The van der Waals surface area contributed by atoms with Gasteiger partial charge in [0.15, 0.2) is 0 Å². The van der Waals surface area contributed by atoms with E-state index in [1.54, 1.807) is 18.2 Å². The maximum absolute atomic E-state index is 12.6. The summed E-state index contributed by atoms with van der Waals surface area (Å²) < 4.78 is 36.1. The number of nitrogens with one attached hydrogen (secondary N) is 1. The van der Waals surface area contributed by atoms with Crippen LogP contribution in [0.1, 0.15) is 25.7 Å². The molecule has 1 N–H and O–H groups in total. The summed E-state index contributed by atoms with van der Waals surface area (Å²) in [5.74, 6) is 0. The SMILES string of the molecule is O=S(=O)(NCC1(CBr)CCCC1)c1cccc2c1N=S=N2. The number of sulfonamides is 1. The summed E-state index contributed by atoms with van der Waals surface area (Å²) in [5.41, 5.74) is 1.12. The molecule has 2 aliphatic rings. The van der Waals surface area contributed by atoms with Gasteiger partial charge in [0.05, 0.1) is 11.4 Å². The van der Waals surface area contributed by atoms with Gasteiger partial charge >= 0.3 is 0 Å². The van der Waals surface area contributed by atoms with E-state index in [9.17, 15) is 8.42 Å². The van der Waals surface area contributed by atoms with Gasteiger partial charge in [0, 0.05) is 11.9 Å². The van der Waals surface area contributed by atoms with E-state index in [0.29, 0.717) is 17.9 Å². The van der Waals surface area contributed by atoms with Gasteiger partial charge in [-0.3, -0.25) is 0 Å². The first kappa shape index (κ1) is 15.3. The van der Waals surface area contributed by atoms with Crippen molar-refractivity contribution in [3.63, 3.8) is 0 Å². The minimum atomic E-state index is -3.56. The lowest BCUT2D eigenvalue weighted by atomic mass is 9.89. The fourth-order valence-electron chi connectivity index (χ4n) is 2.81. The zero-order valence-corrected chi connectivity index (χ0v) is 14.6. The van der Waals surface area contributed by atoms with Gasteiger partial charge in [0.1, 0.15) is 16.3 Å². The van der Waals surface area contributed by atoms with E-state index in [4.69, 9.17) is 0 Å². The lowest BCUT2D eigenvalue weighted by Crippen LogP contribution is -2.37. The Balaban J connectivity index is 1.82. The highest BCUT2D eigenvalue weighted by Gasteiger charge is 2.34. The molecule has 5 nitrogen and oxygen atoms in total. The molecule has 1 aliphatic heterocycles. The minimum absolute atomic E-state index is 0.0429. The van der Waals surface area contributed by atoms with Crippen molar-refractivity contribution >= 4 is 48.7 Å². The maximum atomic E-state index is 12.6. The summed E-state index contributed by atoms with van der Waals surface area (Å²) in [5, 5.41) is 0.824. The fourth-order valence-corrected chi connectivity index (χ4v) is 5.49. The second-order valence-electron chi connectivity index (χ2n) is 5.55. The number of alkyl halides is 1. The van der Waals surface area contributed by atoms with Crippen LogP contribution >= 0.6 is 15.9 Å². The highest BCUT2D eigenvalue weighted by Crippen LogP contribution is 2.40. The Hall–Kier alpha value is -0.570. The van der Waals surface area contributed by atoms with Gasteiger partial charge < -0.3 is 0 Å². The minimum Gasteiger partial charge on any atom is -0.210 e. The third-order valence-electron chi connectivity index (χ3n) is 4.12. The summed E-state index contributed by atoms with van der Waals surface area (Å²) >= 11 is 4.57. The molecule has 1 saturated carbocycles. The first-order valence-electron chi connectivity index (χ1n) is 6.83. The number of rotatable bonds is 5. The Kier molecular flexibility index (Phi) is 4.31. The van der Waals surface area contributed by atoms with Gasteiger partial charge in [0.2, 0.25) is 10.0 Å². The molecule has 0 atom stereocenters. The van der Waals surface area contributed by atoms with Crippen molar-refractivity contribution in [1.29, 1.82) is 0 Å². The summed E-state index contributed by atoms with van der Waals surface area (Å²) in [6.07, 6.45) is 4.45. The third-order valence-corrected chi connectivity index (χ3v) is 7.29. The van der Waals surface area contributed by atoms with E-state index in [1.807, 2.05) is 0 Å². The molecule has 1 fully saturated rings. The Labute approximate surface area is 136 Å². The molecule has 0 aromatic heterocycles. The molecule has 0 unspecified atom stereocenters. The van der Waals surface area contributed by atoms with Crippen LogP contribution in [0.3, 0.4) is 0 Å². The van der Waals surface area contributed by atoms with E-state index < -0.39 is 10.0 Å². The van der Waals surface area contributed by atoms with Crippen LogP contribution in [0.25, 0.3) is 0 Å². The van der Waals surface area contributed by atoms with E-state index in [-0.39, 0.29) is 10.3 Å². The van der Waals surface area contributed by atoms with E-state index in [1.165, 1.54) is 12.8 Å². The van der Waals surface area contributed by atoms with E-state index in [0.717, 1.165) is 29.5 Å². The van der Waals surface area contributed by atoms with E-state index >= 15 is 0 Å². The molecular formula is C13H16BrN3O2S2. The summed E-state index contributed by atoms with van der Waals surface area (Å²) in [7, 11) is -3.56. The average Bonchev–Trinajstić information content (AvgIpc) is 3.14. The van der Waals surface area contributed by atoms with Crippen LogP contribution in [-0.2, 0) is 21.4 Å². The molecule has 0 amide bonds. The number of hydrogen-bond acceptors (Lipinski definition) is 4. The molecule has 3 rings (SSSR count). The Morgan fingerprint density at radius 3 is 2.76 bits per heavy atom. The zero-order valence-electron chi connectivity index (χ0n) is 11.4. The summed E-state index contributed by atoms with van der Waals surface area (Å²) in [6, 6.07) is 5.06. The third kappa shape index (κ3) is 2.99. The topological polar surface area (TPSA) is 70.9 Å². The van der Waals surface area contributed by atoms with Crippen LogP contribution in [-0.4, -0.2) is 20.3 Å². The van der Waals surface area contributed by atoms with Gasteiger partial charge in [-0.1, -0.05) is 34.8 Å². The molecule has 1 aromatic carbocycles. The van der Waals surface area contributed by atoms with Crippen LogP contribution in [0.2, 0.25) is 0 Å². The van der Waals surface area contributed by atoms with Crippen LogP contribution in [0.15, 0.2) is 31.8 Å². The quantitative estimate of drug-likeness (QED) is 0.792. The van der Waals surface area contributed by atoms with Gasteiger partial charge in [-0.25, -0.2) is 13.1 Å². The van der Waals surface area contributed by atoms with Crippen molar-refractivity contribution in [2.75, 3.05) is 11.9 Å². The predicted octanol–water partition coefficient (Wildman–Crippen LogP) is 3.65. The standard InChI is InChI=1S/C13H16BrN3O2S2/c14-8-13(6-1-2-7-13)9-15-21(18,19)11-5-3-4-10-12(11)17-20-16-10/h3-5,15H,1-2,6-9H2. The number of hydrogen-bond donors (Lipinski definition) is 1. The molecule has 0 spiro atoms. The lowest BCUT2D eigenvalue weighted by molar-refractivity contribution is 0.348. The number of nitrogens with zero attached hydrogens (tertiary/aromatic N) is 2. The fraction of sp³-hybridized carbons (Fsp3) is 0.538. The molecule has 0 saturated heterocycles. The van der Waals surface area contributed by atoms with Gasteiger partial charge in [-0.2, -0.15) is 8.73 Å². The largest absolute Gasteiger partial charge is 0.242 e. The Bertz CT molecular complexity index is 721. The molecule has 21 heavy (non-hydrogen) atoms. The highest BCUT2D eigenvalue weighted by molar-refractivity contribution is 9.09. The maximum Gasteiger partial charge on any atom is 0.242 e. The van der Waals surface area contributed by atoms with Crippen molar-refractivity contribution < 1.29 is 8.42 Å². The Morgan fingerprint density at radius 2 is 2.05 bits per heavy atom. The monoisotopic (exact) mass is 389 g/mol. The number of benzene rings is 1. The molecule has 0 radical (unpaired) electrons. The number of halogens is 1. The van der Waals surface area contributed by atoms with Crippen molar-refractivity contribution in [2.24, 2.45) is 14.1 Å². The lowest BCUT2D eigenvalue weighted by Gasteiger charge is -2.26. The molecule has 0 bridgehead atoms. The summed E-state index contributed by atoms with van der Waals surface area (Å²) in [6.45, 7) is 0.467. The molecule has 8 heteroatoms. The summed E-state index contributed by atoms with van der Waals surface area (Å²) in [4.78, 5) is 0.219. The first-order chi connectivity index (χ1) is 10.1. The molecule has 1 heterocycles. The van der Waals surface area contributed by atoms with Crippen LogP contribution in [0, 0.1) is 5.41 Å². The smallest absolute Gasteiger partial charge is 0.210 e. The van der Waals surface area contributed by atoms with Gasteiger partial charge in [0.25, 0.3) is 0 Å². The average molecular weight is 390 g/mol. The van der Waals surface area contributed by atoms with Crippen molar-refractivity contribution in [1.82, 2.24) is 4.72 Å². The normalized spacial score (nSPS) is 19.5. The van der Waals surface area contributed by atoms with Crippen LogP contribution < -0.4 is 4.72 Å². The van der Waals surface area contributed by atoms with Crippen LogP contribution in [0.4, 0.5) is 11.4 Å². The highest BCUT2D eigenvalue weighted by atomic mass is 79.9. The van der Waals surface area contributed by atoms with Crippen LogP contribution in [0.5, 0.6) is 0 Å². The van der Waals surface area contributed by atoms with Gasteiger partial charge in [-0.15, -0.1) is 0 Å². The first-order valence-corrected chi connectivity index (χ1v) is 10.2. The molecule has 1 aromatic rings. The second kappa shape index (κ2) is 5.91. The zero-order chi connectivity index (χ0) is 14.9. The van der Waals surface area contributed by atoms with Crippen molar-refractivity contribution in [3.8, 4) is 0 Å². The molecule has 114 valence electrons. The van der Waals surface area contributed by atoms with Crippen molar-refractivity contribution in [2.45, 2.75) is 30.6 Å². The van der Waals surface area contributed by atoms with Gasteiger partial charge in [-0.05, 0) is 30.4 Å². The predicted molar refractivity (Wildman–Crippen MR) is 87.9 cm³/mol. The number of fused-ring (bicyclic) bond motifs is 1. The van der Waals surface area contributed by atoms with Crippen molar-refractivity contribution in [3.05, 3.63) is 18.2 Å².